The van der Waals surface area contributed by atoms with Gasteiger partial charge in [0.15, 0.2) is 0 Å². The van der Waals surface area contributed by atoms with Crippen LogP contribution in [0.2, 0.25) is 0 Å². The number of carbonyl (C=O) groups excluding carboxylic acids is 1. The highest BCUT2D eigenvalue weighted by Gasteiger charge is 2.27. The molecule has 2 aromatic rings. The Kier molecular flexibility index (Phi) is 6.32. The van der Waals surface area contributed by atoms with E-state index in [0.29, 0.717) is 50.5 Å². The van der Waals surface area contributed by atoms with Crippen LogP contribution in [0.4, 0.5) is 17.1 Å². The number of hydrogen-bond donors (Lipinski definition) is 1. The second kappa shape index (κ2) is 9.18. The van der Waals surface area contributed by atoms with Gasteiger partial charge >= 0.3 is 0 Å². The van der Waals surface area contributed by atoms with Gasteiger partial charge in [0.2, 0.25) is 5.91 Å². The number of amidine groups is 1. The molecule has 33 heavy (non-hydrogen) atoms. The van der Waals surface area contributed by atoms with E-state index in [1.54, 1.807) is 35.2 Å². The fourth-order valence-electron chi connectivity index (χ4n) is 4.08. The lowest BCUT2D eigenvalue weighted by atomic mass is 10.0. The zero-order valence-electron chi connectivity index (χ0n) is 18.2. The molecule has 2 aliphatic rings. The molecule has 0 bridgehead atoms. The molecule has 2 aliphatic heterocycles. The number of anilines is 2. The van der Waals surface area contributed by atoms with E-state index in [1.807, 2.05) is 6.92 Å². The molecule has 1 atom stereocenters. The summed E-state index contributed by atoms with van der Waals surface area (Å²) >= 11 is 0. The highest BCUT2D eigenvalue weighted by atomic mass is 32.2. The van der Waals surface area contributed by atoms with Crippen LogP contribution >= 0.6 is 0 Å². The van der Waals surface area contributed by atoms with Crippen LogP contribution in [0.3, 0.4) is 0 Å². The van der Waals surface area contributed by atoms with Crippen molar-refractivity contribution in [2.24, 2.45) is 10.3 Å². The monoisotopic (exact) mass is 471 g/mol. The number of hydrogen-bond acceptors (Lipinski definition) is 7. The lowest BCUT2D eigenvalue weighted by molar-refractivity contribution is -0.384. The van der Waals surface area contributed by atoms with Crippen molar-refractivity contribution in [2.45, 2.75) is 24.7 Å². The molecular weight excluding hydrogens is 446 g/mol. The second-order valence-corrected chi connectivity index (χ2v) is 9.86. The molecule has 1 fully saturated rings. The number of non-ortho nitro benzene ring substituents is 1. The van der Waals surface area contributed by atoms with E-state index in [1.165, 1.54) is 18.2 Å². The molecule has 0 saturated carbocycles. The van der Waals surface area contributed by atoms with Crippen molar-refractivity contribution in [1.29, 1.82) is 0 Å². The Balaban J connectivity index is 1.29. The number of amides is 1. The number of carbonyl (C=O) groups is 1. The van der Waals surface area contributed by atoms with Crippen LogP contribution in [0.5, 0.6) is 0 Å². The van der Waals surface area contributed by atoms with Crippen molar-refractivity contribution in [3.05, 3.63) is 58.6 Å². The number of nitrogens with one attached hydrogen (secondary N) is 1. The Morgan fingerprint density at radius 3 is 2.45 bits per heavy atom. The Bertz CT molecular complexity index is 1190. The zero-order chi connectivity index (χ0) is 23.6. The van der Waals surface area contributed by atoms with Crippen molar-refractivity contribution < 1.29 is 18.1 Å². The molecule has 174 valence electrons. The number of para-hydroxylation sites is 1. The van der Waals surface area contributed by atoms with Crippen molar-refractivity contribution in [3.63, 3.8) is 0 Å². The van der Waals surface area contributed by atoms with Gasteiger partial charge < -0.3 is 15.1 Å². The number of nitro groups is 1. The SMILES string of the molecule is CC(CC(=O)N1CCN(c2ccc([N+](=O)[O-])cc2)CC1)CC1=NS(=O)(=O)c2ccccc2N1. The number of nitrogens with zero attached hydrogens (tertiary/aromatic N) is 4. The Morgan fingerprint density at radius 1 is 1.12 bits per heavy atom. The standard InChI is InChI=1S/C22H25N5O5S/c1-16(14-21-23-19-4-2-3-5-20(19)33(31,32)24-21)15-22(28)26-12-10-25(11-13-26)17-6-8-18(9-7-17)27(29)30/h2-9,16H,10-15H2,1H3,(H,23,24). The van der Waals surface area contributed by atoms with Crippen molar-refractivity contribution in [2.75, 3.05) is 36.4 Å². The summed E-state index contributed by atoms with van der Waals surface area (Å²) in [5, 5.41) is 13.9. The number of benzene rings is 2. The van der Waals surface area contributed by atoms with Crippen molar-refractivity contribution in [1.82, 2.24) is 4.90 Å². The van der Waals surface area contributed by atoms with E-state index in [0.717, 1.165) is 5.69 Å². The molecule has 11 heteroatoms. The van der Waals surface area contributed by atoms with Gasteiger partial charge in [-0.1, -0.05) is 19.1 Å². The van der Waals surface area contributed by atoms with Crippen molar-refractivity contribution in [3.8, 4) is 0 Å². The molecule has 2 aromatic carbocycles. The Labute approximate surface area is 192 Å². The van der Waals surface area contributed by atoms with E-state index >= 15 is 0 Å². The lowest BCUT2D eigenvalue weighted by Gasteiger charge is -2.36. The first kappa shape index (κ1) is 22.7. The van der Waals surface area contributed by atoms with Crippen LogP contribution in [0.1, 0.15) is 19.8 Å². The first-order valence-electron chi connectivity index (χ1n) is 10.7. The predicted octanol–water partition coefficient (Wildman–Crippen LogP) is 2.87. The largest absolute Gasteiger partial charge is 0.368 e. The molecular formula is C22H25N5O5S. The minimum absolute atomic E-state index is 0.0190. The number of sulfonamides is 1. The first-order chi connectivity index (χ1) is 15.7. The molecule has 0 aromatic heterocycles. The second-order valence-electron chi connectivity index (χ2n) is 8.29. The van der Waals surface area contributed by atoms with Gasteiger partial charge in [-0.25, -0.2) is 0 Å². The van der Waals surface area contributed by atoms with Crippen LogP contribution in [0.25, 0.3) is 0 Å². The Morgan fingerprint density at radius 2 is 1.79 bits per heavy atom. The van der Waals surface area contributed by atoms with Gasteiger partial charge in [0.25, 0.3) is 15.7 Å². The molecule has 1 amide bonds. The summed E-state index contributed by atoms with van der Waals surface area (Å²) in [6, 6.07) is 13.0. The van der Waals surface area contributed by atoms with Crippen LogP contribution in [0, 0.1) is 16.0 Å². The summed E-state index contributed by atoms with van der Waals surface area (Å²) in [6.07, 6.45) is 0.641. The summed E-state index contributed by atoms with van der Waals surface area (Å²) in [5.41, 5.74) is 1.45. The smallest absolute Gasteiger partial charge is 0.286 e. The van der Waals surface area contributed by atoms with Gasteiger partial charge in [-0.3, -0.25) is 14.9 Å². The van der Waals surface area contributed by atoms with Crippen LogP contribution < -0.4 is 10.2 Å². The van der Waals surface area contributed by atoms with Gasteiger partial charge in [-0.2, -0.15) is 8.42 Å². The topological polar surface area (TPSA) is 125 Å². The quantitative estimate of drug-likeness (QED) is 0.507. The van der Waals surface area contributed by atoms with Crippen LogP contribution in [-0.4, -0.2) is 56.2 Å². The van der Waals surface area contributed by atoms with Gasteiger partial charge in [-0.05, 0) is 30.2 Å². The molecule has 1 N–H and O–H groups in total. The zero-order valence-corrected chi connectivity index (χ0v) is 19.0. The predicted molar refractivity (Wildman–Crippen MR) is 125 cm³/mol. The van der Waals surface area contributed by atoms with Crippen LogP contribution in [0.15, 0.2) is 57.8 Å². The molecule has 4 rings (SSSR count). The number of piperazine rings is 1. The van der Waals surface area contributed by atoms with Crippen LogP contribution in [-0.2, 0) is 14.8 Å². The summed E-state index contributed by atoms with van der Waals surface area (Å²) in [7, 11) is -3.74. The number of fused-ring (bicyclic) bond motifs is 1. The Hall–Kier alpha value is -3.47. The lowest BCUT2D eigenvalue weighted by Crippen LogP contribution is -2.49. The average molecular weight is 472 g/mol. The molecule has 1 saturated heterocycles. The fourth-order valence-corrected chi connectivity index (χ4v) is 5.24. The maximum Gasteiger partial charge on any atom is 0.286 e. The minimum Gasteiger partial charge on any atom is -0.368 e. The number of rotatable bonds is 6. The molecule has 1 unspecified atom stereocenters. The number of nitro benzene ring substituents is 1. The van der Waals surface area contributed by atoms with Gasteiger partial charge in [0, 0.05) is 56.8 Å². The third-order valence-electron chi connectivity index (χ3n) is 5.80. The average Bonchev–Trinajstić information content (AvgIpc) is 2.78. The maximum atomic E-state index is 12.8. The normalized spacial score (nSPS) is 18.0. The maximum absolute atomic E-state index is 12.8. The van der Waals surface area contributed by atoms with Gasteiger partial charge in [0.1, 0.15) is 10.7 Å². The van der Waals surface area contributed by atoms with E-state index in [-0.39, 0.29) is 22.4 Å². The summed E-state index contributed by atoms with van der Waals surface area (Å²) in [6.45, 7) is 4.30. The summed E-state index contributed by atoms with van der Waals surface area (Å²) in [5.74, 6) is 0.277. The third kappa shape index (κ3) is 5.14. The summed E-state index contributed by atoms with van der Waals surface area (Å²) < 4.78 is 28.7. The molecule has 0 spiro atoms. The first-order valence-corrected chi connectivity index (χ1v) is 12.1. The summed E-state index contributed by atoms with van der Waals surface area (Å²) in [4.78, 5) is 27.2. The highest BCUT2D eigenvalue weighted by Crippen LogP contribution is 2.28. The molecule has 10 nitrogen and oxygen atoms in total. The van der Waals surface area contributed by atoms with E-state index in [4.69, 9.17) is 0 Å². The minimum atomic E-state index is -3.74. The third-order valence-corrected chi connectivity index (χ3v) is 7.17. The van der Waals surface area contributed by atoms with E-state index < -0.39 is 14.9 Å². The molecule has 0 aliphatic carbocycles. The highest BCUT2D eigenvalue weighted by molar-refractivity contribution is 7.90. The fraction of sp³-hybridized carbons (Fsp3) is 0.364. The van der Waals surface area contributed by atoms with Gasteiger partial charge in [0.05, 0.1) is 10.6 Å². The van der Waals surface area contributed by atoms with E-state index in [2.05, 4.69) is 14.6 Å². The molecule has 0 radical (unpaired) electrons. The van der Waals surface area contributed by atoms with Crippen molar-refractivity contribution >= 4 is 38.8 Å². The van der Waals surface area contributed by atoms with E-state index in [9.17, 15) is 23.3 Å². The van der Waals surface area contributed by atoms with Gasteiger partial charge in [-0.15, -0.1) is 4.40 Å². The molecule has 2 heterocycles.